The molecule has 2 aromatic carbocycles. The van der Waals surface area contributed by atoms with Crippen LogP contribution < -0.4 is 14.4 Å². The first-order valence-corrected chi connectivity index (χ1v) is 14.2. The number of nitrogens with zero attached hydrogens (tertiary/aromatic N) is 2. The Morgan fingerprint density at radius 1 is 1.11 bits per heavy atom. The summed E-state index contributed by atoms with van der Waals surface area (Å²) in [6, 6.07) is 11.8. The van der Waals surface area contributed by atoms with E-state index in [1.807, 2.05) is 38.1 Å². The molecular formula is C26H36ClN3O5S. The molecule has 0 aliphatic rings. The van der Waals surface area contributed by atoms with E-state index in [2.05, 4.69) is 5.32 Å². The monoisotopic (exact) mass is 537 g/mol. The number of amides is 2. The Morgan fingerprint density at radius 3 is 2.33 bits per heavy atom. The van der Waals surface area contributed by atoms with Gasteiger partial charge in [-0.2, -0.15) is 0 Å². The van der Waals surface area contributed by atoms with E-state index in [1.165, 1.54) is 4.31 Å². The van der Waals surface area contributed by atoms with Crippen LogP contribution in [0.25, 0.3) is 0 Å². The first-order chi connectivity index (χ1) is 17.0. The van der Waals surface area contributed by atoms with Crippen LogP contribution in [-0.2, 0) is 26.2 Å². The van der Waals surface area contributed by atoms with E-state index in [0.717, 1.165) is 11.8 Å². The number of anilines is 1. The highest BCUT2D eigenvalue weighted by atomic mass is 35.5. The summed E-state index contributed by atoms with van der Waals surface area (Å²) >= 11 is 6.21. The minimum atomic E-state index is -3.60. The molecule has 0 spiro atoms. The van der Waals surface area contributed by atoms with Crippen LogP contribution in [0, 0.1) is 6.92 Å². The van der Waals surface area contributed by atoms with Crippen molar-refractivity contribution in [2.75, 3.05) is 30.8 Å². The van der Waals surface area contributed by atoms with Crippen LogP contribution in [0.2, 0.25) is 5.02 Å². The number of hydrogen-bond acceptors (Lipinski definition) is 5. The van der Waals surface area contributed by atoms with E-state index in [9.17, 15) is 18.0 Å². The molecule has 0 saturated carbocycles. The van der Waals surface area contributed by atoms with E-state index < -0.39 is 16.1 Å². The Balaban J connectivity index is 2.23. The summed E-state index contributed by atoms with van der Waals surface area (Å²) in [6.45, 7) is 6.28. The third kappa shape index (κ3) is 7.86. The molecule has 1 unspecified atom stereocenters. The van der Waals surface area contributed by atoms with Crippen molar-refractivity contribution in [3.05, 3.63) is 58.6 Å². The maximum Gasteiger partial charge on any atom is 0.242 e. The lowest BCUT2D eigenvalue weighted by atomic mass is 10.1. The van der Waals surface area contributed by atoms with Gasteiger partial charge in [-0.1, -0.05) is 36.7 Å². The molecule has 0 heterocycles. The van der Waals surface area contributed by atoms with Crippen LogP contribution in [0.15, 0.2) is 42.5 Å². The van der Waals surface area contributed by atoms with Gasteiger partial charge in [0.25, 0.3) is 0 Å². The largest absolute Gasteiger partial charge is 0.497 e. The molecule has 2 amide bonds. The fraction of sp³-hybridized carbons (Fsp3) is 0.462. The van der Waals surface area contributed by atoms with E-state index in [4.69, 9.17) is 16.3 Å². The van der Waals surface area contributed by atoms with Crippen molar-refractivity contribution < 1.29 is 22.7 Å². The van der Waals surface area contributed by atoms with E-state index in [-0.39, 0.29) is 37.7 Å². The summed E-state index contributed by atoms with van der Waals surface area (Å²) in [7, 11) is -2.02. The third-order valence-electron chi connectivity index (χ3n) is 5.91. The molecule has 0 aliphatic carbocycles. The highest BCUT2D eigenvalue weighted by molar-refractivity contribution is 7.92. The number of benzene rings is 2. The number of nitrogens with one attached hydrogen (secondary N) is 1. The molecule has 0 bridgehead atoms. The number of sulfonamides is 1. The Kier molecular flexibility index (Phi) is 11.0. The average molecular weight is 538 g/mol. The van der Waals surface area contributed by atoms with Gasteiger partial charge in [0, 0.05) is 31.1 Å². The second-order valence-electron chi connectivity index (χ2n) is 8.51. The number of methoxy groups -OCH3 is 1. The molecule has 8 nitrogen and oxygen atoms in total. The van der Waals surface area contributed by atoms with Gasteiger partial charge in [-0.25, -0.2) is 8.42 Å². The van der Waals surface area contributed by atoms with Crippen molar-refractivity contribution >= 4 is 39.1 Å². The average Bonchev–Trinajstić information content (AvgIpc) is 2.83. The van der Waals surface area contributed by atoms with Gasteiger partial charge >= 0.3 is 0 Å². The van der Waals surface area contributed by atoms with E-state index in [0.29, 0.717) is 35.0 Å². The zero-order valence-corrected chi connectivity index (χ0v) is 23.2. The van der Waals surface area contributed by atoms with Gasteiger partial charge < -0.3 is 15.0 Å². The van der Waals surface area contributed by atoms with Crippen LogP contribution in [0.3, 0.4) is 0 Å². The molecule has 2 rings (SSSR count). The van der Waals surface area contributed by atoms with Crippen LogP contribution in [0.1, 0.15) is 44.2 Å². The van der Waals surface area contributed by atoms with Crippen molar-refractivity contribution in [1.82, 2.24) is 10.2 Å². The molecule has 1 atom stereocenters. The predicted molar refractivity (Wildman–Crippen MR) is 144 cm³/mol. The number of hydrogen-bond donors (Lipinski definition) is 1. The summed E-state index contributed by atoms with van der Waals surface area (Å²) < 4.78 is 31.6. The molecule has 0 fully saturated rings. The highest BCUT2D eigenvalue weighted by Crippen LogP contribution is 2.28. The van der Waals surface area contributed by atoms with Gasteiger partial charge in [0.2, 0.25) is 21.8 Å². The molecule has 198 valence electrons. The quantitative estimate of drug-likeness (QED) is 0.414. The number of ether oxygens (including phenoxy) is 1. The predicted octanol–water partition coefficient (Wildman–Crippen LogP) is 4.15. The number of carbonyl (C=O) groups excluding carboxylic acids is 2. The van der Waals surface area contributed by atoms with Crippen LogP contribution in [-0.4, -0.2) is 57.6 Å². The normalized spacial score (nSPS) is 12.1. The molecular weight excluding hydrogens is 502 g/mol. The zero-order valence-electron chi connectivity index (χ0n) is 21.6. The van der Waals surface area contributed by atoms with Crippen molar-refractivity contribution in [2.24, 2.45) is 0 Å². The van der Waals surface area contributed by atoms with Gasteiger partial charge in [0.1, 0.15) is 11.8 Å². The Labute approximate surface area is 219 Å². The molecule has 0 radical (unpaired) electrons. The van der Waals surface area contributed by atoms with Gasteiger partial charge in [-0.3, -0.25) is 13.9 Å². The lowest BCUT2D eigenvalue weighted by Crippen LogP contribution is -2.49. The van der Waals surface area contributed by atoms with E-state index in [1.54, 1.807) is 37.1 Å². The first-order valence-electron chi connectivity index (χ1n) is 12.0. The molecule has 2 aromatic rings. The first kappa shape index (κ1) is 29.5. The van der Waals surface area contributed by atoms with Gasteiger partial charge in [-0.15, -0.1) is 0 Å². The van der Waals surface area contributed by atoms with Crippen LogP contribution in [0.4, 0.5) is 5.69 Å². The van der Waals surface area contributed by atoms with Gasteiger partial charge in [-0.05, 0) is 62.1 Å². The Hall–Kier alpha value is -2.78. The van der Waals surface area contributed by atoms with Crippen molar-refractivity contribution in [1.29, 1.82) is 0 Å². The minimum absolute atomic E-state index is 0.0810. The van der Waals surface area contributed by atoms with Crippen molar-refractivity contribution in [2.45, 2.75) is 52.6 Å². The molecule has 1 N–H and O–H groups in total. The number of rotatable bonds is 13. The zero-order chi connectivity index (χ0) is 26.9. The molecule has 0 saturated heterocycles. The minimum Gasteiger partial charge on any atom is -0.497 e. The summed E-state index contributed by atoms with van der Waals surface area (Å²) in [5.41, 5.74) is 2.00. The molecule has 0 aromatic heterocycles. The molecule has 36 heavy (non-hydrogen) atoms. The maximum atomic E-state index is 13.4. The maximum absolute atomic E-state index is 13.4. The highest BCUT2D eigenvalue weighted by Gasteiger charge is 2.28. The third-order valence-corrected chi connectivity index (χ3v) is 7.50. The summed E-state index contributed by atoms with van der Waals surface area (Å²) in [4.78, 5) is 27.7. The summed E-state index contributed by atoms with van der Waals surface area (Å²) in [5, 5.41) is 3.28. The fourth-order valence-electron chi connectivity index (χ4n) is 3.99. The summed E-state index contributed by atoms with van der Waals surface area (Å²) in [5.74, 6) is 0.263. The lowest BCUT2D eigenvalue weighted by molar-refractivity contribution is -0.141. The van der Waals surface area contributed by atoms with Crippen molar-refractivity contribution in [3.8, 4) is 5.75 Å². The summed E-state index contributed by atoms with van der Waals surface area (Å²) in [6.07, 6.45) is 1.94. The number of carbonyl (C=O) groups is 2. The smallest absolute Gasteiger partial charge is 0.242 e. The number of halogens is 1. The Morgan fingerprint density at radius 2 is 1.78 bits per heavy atom. The van der Waals surface area contributed by atoms with E-state index >= 15 is 0 Å². The molecule has 0 aliphatic heterocycles. The Bertz CT molecular complexity index is 1140. The number of likely N-dealkylation sites (N-methyl/N-ethyl adjacent to an activating group) is 1. The van der Waals surface area contributed by atoms with Crippen LogP contribution in [0.5, 0.6) is 5.75 Å². The van der Waals surface area contributed by atoms with Crippen LogP contribution >= 0.6 is 11.6 Å². The second kappa shape index (κ2) is 13.5. The van der Waals surface area contributed by atoms with Gasteiger partial charge in [0.05, 0.1) is 19.1 Å². The topological polar surface area (TPSA) is 96.0 Å². The SMILES string of the molecule is CCNC(=O)C(CC)N(Cc1ccc(OC)cc1)C(=O)CCCN(c1cccc(Cl)c1C)S(C)(=O)=O. The van der Waals surface area contributed by atoms with Crippen molar-refractivity contribution in [3.63, 3.8) is 0 Å². The van der Waals surface area contributed by atoms with Gasteiger partial charge in [0.15, 0.2) is 0 Å². The standard InChI is InChI=1S/C26H36ClN3O5S/c1-6-23(26(32)28-7-2)29(18-20-13-15-21(35-4)16-14-20)25(31)12-9-17-30(36(5,33)34)24-11-8-10-22(27)19(24)3/h8,10-11,13-16,23H,6-7,9,12,17-18H2,1-5H3,(H,28,32). The molecule has 10 heteroatoms. The fourth-order valence-corrected chi connectivity index (χ4v) is 5.17. The lowest BCUT2D eigenvalue weighted by Gasteiger charge is -2.31. The second-order valence-corrected chi connectivity index (χ2v) is 10.8.